The number of benzene rings is 1. The molecule has 5 nitrogen and oxygen atoms in total. The molecule has 1 aromatic carbocycles. The van der Waals surface area contributed by atoms with Gasteiger partial charge in [0.1, 0.15) is 11.8 Å². The molecule has 0 aliphatic carbocycles. The van der Waals surface area contributed by atoms with Gasteiger partial charge in [0, 0.05) is 22.4 Å². The van der Waals surface area contributed by atoms with Crippen LogP contribution < -0.4 is 5.73 Å². The maximum atomic E-state index is 12.8. The first-order valence-corrected chi connectivity index (χ1v) is 9.17. The van der Waals surface area contributed by atoms with Gasteiger partial charge in [0.15, 0.2) is 0 Å². The number of carbonyl (C=O) groups is 1. The average molecular weight is 402 g/mol. The number of carbonyl (C=O) groups excluding carboxylic acids is 1. The lowest BCUT2D eigenvalue weighted by molar-refractivity contribution is -0.0487. The van der Waals surface area contributed by atoms with Crippen molar-refractivity contribution in [1.29, 1.82) is 0 Å². The van der Waals surface area contributed by atoms with Crippen molar-refractivity contribution in [3.63, 3.8) is 0 Å². The highest BCUT2D eigenvalue weighted by Gasteiger charge is 2.32. The molecular weight excluding hydrogens is 381 g/mol. The van der Waals surface area contributed by atoms with Crippen LogP contribution in [0, 0.1) is 0 Å². The molecule has 136 valence electrons. The van der Waals surface area contributed by atoms with Crippen molar-refractivity contribution in [1.82, 2.24) is 9.88 Å². The molecule has 0 spiro atoms. The SMILES string of the molecule is CC1COC(c2ccccc2Cl)CN1C(=O)c1csc(CCN)n1.Cl. The van der Waals surface area contributed by atoms with Crippen LogP contribution >= 0.6 is 35.3 Å². The molecule has 1 aliphatic heterocycles. The van der Waals surface area contributed by atoms with Gasteiger partial charge in [-0.15, -0.1) is 23.7 Å². The zero-order valence-corrected chi connectivity index (χ0v) is 16.2. The van der Waals surface area contributed by atoms with Gasteiger partial charge in [-0.05, 0) is 19.5 Å². The Morgan fingerprint density at radius 3 is 2.96 bits per heavy atom. The quantitative estimate of drug-likeness (QED) is 0.852. The second kappa shape index (κ2) is 8.96. The fourth-order valence-electron chi connectivity index (χ4n) is 2.76. The summed E-state index contributed by atoms with van der Waals surface area (Å²) in [6.07, 6.45) is 0.472. The molecule has 1 saturated heterocycles. The molecule has 2 heterocycles. The highest BCUT2D eigenvalue weighted by atomic mass is 35.5. The van der Waals surface area contributed by atoms with E-state index in [9.17, 15) is 4.79 Å². The predicted octanol–water partition coefficient (Wildman–Crippen LogP) is 3.32. The lowest BCUT2D eigenvalue weighted by atomic mass is 10.1. The van der Waals surface area contributed by atoms with Gasteiger partial charge in [-0.25, -0.2) is 4.98 Å². The lowest BCUT2D eigenvalue weighted by Gasteiger charge is -2.38. The second-order valence-corrected chi connectivity index (χ2v) is 7.17. The molecule has 1 aromatic heterocycles. The van der Waals surface area contributed by atoms with E-state index in [0.717, 1.165) is 10.6 Å². The van der Waals surface area contributed by atoms with Gasteiger partial charge in [-0.3, -0.25) is 4.79 Å². The molecule has 0 radical (unpaired) electrons. The van der Waals surface area contributed by atoms with Gasteiger partial charge in [-0.2, -0.15) is 0 Å². The van der Waals surface area contributed by atoms with E-state index in [1.54, 1.807) is 5.38 Å². The van der Waals surface area contributed by atoms with Crippen molar-refractivity contribution in [3.05, 3.63) is 50.9 Å². The first-order valence-electron chi connectivity index (χ1n) is 7.91. The van der Waals surface area contributed by atoms with Crippen LogP contribution in [0.15, 0.2) is 29.6 Å². The van der Waals surface area contributed by atoms with Crippen LogP contribution in [0.3, 0.4) is 0 Å². The number of hydrogen-bond acceptors (Lipinski definition) is 5. The van der Waals surface area contributed by atoms with Crippen LogP contribution in [0.5, 0.6) is 0 Å². The number of hydrogen-bond donors (Lipinski definition) is 1. The minimum Gasteiger partial charge on any atom is -0.369 e. The van der Waals surface area contributed by atoms with E-state index in [0.29, 0.717) is 36.8 Å². The van der Waals surface area contributed by atoms with Crippen LogP contribution in [0.2, 0.25) is 5.02 Å². The summed E-state index contributed by atoms with van der Waals surface area (Å²) in [6, 6.07) is 7.58. The number of aromatic nitrogens is 1. The predicted molar refractivity (Wildman–Crippen MR) is 103 cm³/mol. The first-order chi connectivity index (χ1) is 11.6. The smallest absolute Gasteiger partial charge is 0.273 e. The van der Waals surface area contributed by atoms with Crippen LogP contribution in [-0.2, 0) is 11.2 Å². The highest BCUT2D eigenvalue weighted by molar-refractivity contribution is 7.09. The van der Waals surface area contributed by atoms with Crippen LogP contribution in [-0.4, -0.2) is 41.5 Å². The van der Waals surface area contributed by atoms with Crippen LogP contribution in [0.25, 0.3) is 0 Å². The summed E-state index contributed by atoms with van der Waals surface area (Å²) < 4.78 is 5.90. The van der Waals surface area contributed by atoms with E-state index >= 15 is 0 Å². The minimum absolute atomic E-state index is 0. The zero-order valence-electron chi connectivity index (χ0n) is 13.9. The van der Waals surface area contributed by atoms with Gasteiger partial charge >= 0.3 is 0 Å². The molecule has 8 heteroatoms. The molecule has 1 amide bonds. The van der Waals surface area contributed by atoms with E-state index in [2.05, 4.69) is 4.98 Å². The molecule has 0 saturated carbocycles. The number of nitrogens with two attached hydrogens (primary N) is 1. The van der Waals surface area contributed by atoms with E-state index in [4.69, 9.17) is 22.1 Å². The third-order valence-corrected chi connectivity index (χ3v) is 5.33. The zero-order chi connectivity index (χ0) is 17.1. The number of ether oxygens (including phenoxy) is 1. The Bertz CT molecular complexity index is 725. The summed E-state index contributed by atoms with van der Waals surface area (Å²) >= 11 is 7.75. The van der Waals surface area contributed by atoms with Gasteiger partial charge in [0.05, 0.1) is 24.2 Å². The van der Waals surface area contributed by atoms with Crippen molar-refractivity contribution in [2.45, 2.75) is 25.5 Å². The Hall–Kier alpha value is -1.18. The third kappa shape index (κ3) is 4.51. The standard InChI is InChI=1S/C17H20ClN3O2S.ClH/c1-11-9-23-15(12-4-2-3-5-13(12)18)8-21(11)17(22)14-10-24-16(20-14)6-7-19;/h2-5,10-11,15H,6-9,19H2,1H3;1H. The fourth-order valence-corrected chi connectivity index (χ4v) is 3.80. The molecular formula is C17H21Cl2N3O2S. The molecule has 25 heavy (non-hydrogen) atoms. The summed E-state index contributed by atoms with van der Waals surface area (Å²) in [5.74, 6) is -0.0672. The molecule has 1 aliphatic rings. The van der Waals surface area contributed by atoms with Gasteiger partial charge < -0.3 is 15.4 Å². The molecule has 2 N–H and O–H groups in total. The van der Waals surface area contributed by atoms with E-state index < -0.39 is 0 Å². The molecule has 2 unspecified atom stereocenters. The molecule has 1 fully saturated rings. The minimum atomic E-state index is -0.221. The van der Waals surface area contributed by atoms with E-state index in [-0.39, 0.29) is 30.5 Å². The third-order valence-electron chi connectivity index (χ3n) is 4.08. The first kappa shape index (κ1) is 20.1. The van der Waals surface area contributed by atoms with Crippen LogP contribution in [0.1, 0.15) is 34.1 Å². The maximum absolute atomic E-state index is 12.8. The molecule has 2 aromatic rings. The van der Waals surface area contributed by atoms with Gasteiger partial charge in [0.25, 0.3) is 5.91 Å². The number of thiazole rings is 1. The highest BCUT2D eigenvalue weighted by Crippen LogP contribution is 2.30. The lowest BCUT2D eigenvalue weighted by Crippen LogP contribution is -2.48. The van der Waals surface area contributed by atoms with Crippen molar-refractivity contribution in [2.24, 2.45) is 5.73 Å². The second-order valence-electron chi connectivity index (χ2n) is 5.82. The van der Waals surface area contributed by atoms with Crippen molar-refractivity contribution < 1.29 is 9.53 Å². The Balaban J connectivity index is 0.00000225. The monoisotopic (exact) mass is 401 g/mol. The summed E-state index contributed by atoms with van der Waals surface area (Å²) in [7, 11) is 0. The number of nitrogens with zero attached hydrogens (tertiary/aromatic N) is 2. The summed E-state index contributed by atoms with van der Waals surface area (Å²) in [5.41, 5.74) is 6.94. The Morgan fingerprint density at radius 1 is 1.48 bits per heavy atom. The Morgan fingerprint density at radius 2 is 2.24 bits per heavy atom. The van der Waals surface area contributed by atoms with Crippen molar-refractivity contribution in [2.75, 3.05) is 19.7 Å². The van der Waals surface area contributed by atoms with Crippen LogP contribution in [0.4, 0.5) is 0 Å². The normalized spacial score (nSPS) is 20.2. The molecule has 3 rings (SSSR count). The average Bonchev–Trinajstić information content (AvgIpc) is 3.04. The summed E-state index contributed by atoms with van der Waals surface area (Å²) in [4.78, 5) is 19.1. The number of amides is 1. The maximum Gasteiger partial charge on any atom is 0.273 e. The number of halogens is 2. The summed E-state index contributed by atoms with van der Waals surface area (Å²) in [5, 5.41) is 3.35. The Labute approximate surface area is 162 Å². The topological polar surface area (TPSA) is 68.5 Å². The van der Waals surface area contributed by atoms with Crippen molar-refractivity contribution in [3.8, 4) is 0 Å². The van der Waals surface area contributed by atoms with Gasteiger partial charge in [-0.1, -0.05) is 29.8 Å². The fraction of sp³-hybridized carbons (Fsp3) is 0.412. The molecule has 0 bridgehead atoms. The number of rotatable bonds is 4. The molecule has 2 atom stereocenters. The van der Waals surface area contributed by atoms with Crippen molar-refractivity contribution >= 4 is 41.3 Å². The summed E-state index contributed by atoms with van der Waals surface area (Å²) in [6.45, 7) is 3.45. The van der Waals surface area contributed by atoms with E-state index in [1.165, 1.54) is 11.3 Å². The largest absolute Gasteiger partial charge is 0.369 e. The Kier molecular flexibility index (Phi) is 7.22. The number of morpholine rings is 1. The van der Waals surface area contributed by atoms with Gasteiger partial charge in [0.2, 0.25) is 0 Å². The van der Waals surface area contributed by atoms with E-state index in [1.807, 2.05) is 36.1 Å².